The zero-order valence-corrected chi connectivity index (χ0v) is 11.0. The summed E-state index contributed by atoms with van der Waals surface area (Å²) >= 11 is 5.55. The van der Waals surface area contributed by atoms with E-state index >= 15 is 0 Å². The van der Waals surface area contributed by atoms with Crippen LogP contribution in [0.1, 0.15) is 16.1 Å². The Bertz CT molecular complexity index is 599. The first-order valence-electron chi connectivity index (χ1n) is 5.75. The number of rotatable bonds is 4. The fourth-order valence-corrected chi connectivity index (χ4v) is 1.69. The summed E-state index contributed by atoms with van der Waals surface area (Å²) < 4.78 is 25.9. The van der Waals surface area contributed by atoms with E-state index in [4.69, 9.17) is 11.6 Å². The zero-order chi connectivity index (χ0) is 14.5. The van der Waals surface area contributed by atoms with Gasteiger partial charge in [-0.1, -0.05) is 11.6 Å². The van der Waals surface area contributed by atoms with Gasteiger partial charge in [-0.3, -0.25) is 4.79 Å². The Balaban J connectivity index is 1.89. The van der Waals surface area contributed by atoms with E-state index in [9.17, 15) is 13.6 Å². The highest BCUT2D eigenvalue weighted by Crippen LogP contribution is 2.08. The van der Waals surface area contributed by atoms with Gasteiger partial charge in [-0.15, -0.1) is 0 Å². The summed E-state index contributed by atoms with van der Waals surface area (Å²) in [6.45, 7) is 0.228. The third-order valence-electron chi connectivity index (χ3n) is 2.47. The number of nitrogens with zero attached hydrogens (tertiary/aromatic N) is 2. The van der Waals surface area contributed by atoms with Crippen molar-refractivity contribution in [3.8, 4) is 0 Å². The van der Waals surface area contributed by atoms with E-state index in [2.05, 4.69) is 15.3 Å². The van der Waals surface area contributed by atoms with Crippen LogP contribution in [0.2, 0.25) is 5.15 Å². The maximum absolute atomic E-state index is 13.0. The molecule has 0 aliphatic rings. The third kappa shape index (κ3) is 3.96. The van der Waals surface area contributed by atoms with Crippen molar-refractivity contribution in [1.29, 1.82) is 0 Å². The molecule has 0 aliphatic heterocycles. The summed E-state index contributed by atoms with van der Waals surface area (Å²) in [7, 11) is 0. The van der Waals surface area contributed by atoms with Crippen molar-refractivity contribution >= 4 is 17.5 Å². The Morgan fingerprint density at radius 2 is 1.85 bits per heavy atom. The zero-order valence-electron chi connectivity index (χ0n) is 10.2. The number of carbonyl (C=O) groups excluding carboxylic acids is 1. The Kier molecular flexibility index (Phi) is 4.57. The second-order valence-corrected chi connectivity index (χ2v) is 4.40. The molecular weight excluding hydrogens is 288 g/mol. The Hall–Kier alpha value is -2.08. The standard InChI is InChI=1S/C13H10ClF2N3O/c14-12-7-18-11(6-19-12)13(20)17-2-1-8-3-9(15)5-10(16)4-8/h3-7H,1-2H2,(H,17,20). The topological polar surface area (TPSA) is 54.9 Å². The molecule has 0 radical (unpaired) electrons. The van der Waals surface area contributed by atoms with Crippen molar-refractivity contribution < 1.29 is 13.6 Å². The first kappa shape index (κ1) is 14.3. The van der Waals surface area contributed by atoms with Crippen LogP contribution in [0.5, 0.6) is 0 Å². The van der Waals surface area contributed by atoms with Crippen LogP contribution in [-0.4, -0.2) is 22.4 Å². The fourth-order valence-electron chi connectivity index (χ4n) is 1.60. The van der Waals surface area contributed by atoms with Gasteiger partial charge in [0, 0.05) is 12.6 Å². The lowest BCUT2D eigenvalue weighted by Gasteiger charge is -2.05. The second-order valence-electron chi connectivity index (χ2n) is 4.01. The average molecular weight is 298 g/mol. The van der Waals surface area contributed by atoms with Gasteiger partial charge in [-0.25, -0.2) is 18.7 Å². The van der Waals surface area contributed by atoms with Crippen LogP contribution in [0.4, 0.5) is 8.78 Å². The number of aromatic nitrogens is 2. The predicted octanol–water partition coefficient (Wildman–Crippen LogP) is 2.38. The number of hydrogen-bond acceptors (Lipinski definition) is 3. The minimum Gasteiger partial charge on any atom is -0.350 e. The van der Waals surface area contributed by atoms with E-state index in [1.54, 1.807) is 0 Å². The van der Waals surface area contributed by atoms with E-state index in [0.717, 1.165) is 6.07 Å². The van der Waals surface area contributed by atoms with Crippen LogP contribution >= 0.6 is 11.6 Å². The van der Waals surface area contributed by atoms with Gasteiger partial charge in [0.15, 0.2) is 0 Å². The number of amides is 1. The first-order valence-corrected chi connectivity index (χ1v) is 6.13. The molecule has 7 heteroatoms. The Morgan fingerprint density at radius 1 is 1.15 bits per heavy atom. The quantitative estimate of drug-likeness (QED) is 0.942. The molecule has 0 saturated carbocycles. The molecule has 0 fully saturated rings. The predicted molar refractivity (Wildman–Crippen MR) is 69.4 cm³/mol. The van der Waals surface area contributed by atoms with Crippen molar-refractivity contribution in [3.05, 3.63) is 58.6 Å². The molecule has 0 aliphatic carbocycles. The molecule has 104 valence electrons. The molecule has 0 saturated heterocycles. The van der Waals surface area contributed by atoms with E-state index in [1.807, 2.05) is 0 Å². The van der Waals surface area contributed by atoms with Crippen molar-refractivity contribution in [2.75, 3.05) is 6.54 Å². The van der Waals surface area contributed by atoms with Gasteiger partial charge in [-0.05, 0) is 24.1 Å². The maximum Gasteiger partial charge on any atom is 0.271 e. The second kappa shape index (κ2) is 6.38. The normalized spacial score (nSPS) is 10.3. The molecule has 2 rings (SSSR count). The summed E-state index contributed by atoms with van der Waals surface area (Å²) in [5.41, 5.74) is 0.588. The third-order valence-corrected chi connectivity index (χ3v) is 2.67. The van der Waals surface area contributed by atoms with Crippen molar-refractivity contribution in [3.63, 3.8) is 0 Å². The van der Waals surface area contributed by atoms with E-state index in [0.29, 0.717) is 12.0 Å². The number of hydrogen-bond donors (Lipinski definition) is 1. The summed E-state index contributed by atoms with van der Waals surface area (Å²) in [5, 5.41) is 2.77. The lowest BCUT2D eigenvalue weighted by molar-refractivity contribution is 0.0949. The number of carbonyl (C=O) groups is 1. The van der Waals surface area contributed by atoms with Gasteiger partial charge in [0.05, 0.1) is 12.4 Å². The Morgan fingerprint density at radius 3 is 2.45 bits per heavy atom. The highest BCUT2D eigenvalue weighted by Gasteiger charge is 2.07. The number of nitrogens with one attached hydrogen (secondary N) is 1. The van der Waals surface area contributed by atoms with Gasteiger partial charge in [0.1, 0.15) is 22.5 Å². The van der Waals surface area contributed by atoms with Crippen LogP contribution in [0, 0.1) is 11.6 Å². The molecule has 0 unspecified atom stereocenters. The molecule has 20 heavy (non-hydrogen) atoms. The number of halogens is 3. The highest BCUT2D eigenvalue weighted by atomic mass is 35.5. The van der Waals surface area contributed by atoms with E-state index < -0.39 is 17.5 Å². The van der Waals surface area contributed by atoms with Crippen LogP contribution in [0.25, 0.3) is 0 Å². The van der Waals surface area contributed by atoms with Crippen LogP contribution < -0.4 is 5.32 Å². The fraction of sp³-hybridized carbons (Fsp3) is 0.154. The molecule has 0 bridgehead atoms. The average Bonchev–Trinajstić information content (AvgIpc) is 2.38. The van der Waals surface area contributed by atoms with E-state index in [-0.39, 0.29) is 17.4 Å². The molecule has 1 amide bonds. The summed E-state index contributed by atoms with van der Waals surface area (Å²) in [4.78, 5) is 19.2. The molecule has 0 atom stereocenters. The van der Waals surface area contributed by atoms with Gasteiger partial charge in [0.2, 0.25) is 0 Å². The first-order chi connectivity index (χ1) is 9.54. The molecule has 1 heterocycles. The van der Waals surface area contributed by atoms with Crippen LogP contribution in [0.3, 0.4) is 0 Å². The van der Waals surface area contributed by atoms with Gasteiger partial charge in [-0.2, -0.15) is 0 Å². The Labute approximate surface area is 118 Å². The van der Waals surface area contributed by atoms with Crippen molar-refractivity contribution in [2.24, 2.45) is 0 Å². The van der Waals surface area contributed by atoms with Crippen LogP contribution in [-0.2, 0) is 6.42 Å². The molecule has 1 aromatic heterocycles. The summed E-state index contributed by atoms with van der Waals surface area (Å²) in [6.07, 6.45) is 2.82. The van der Waals surface area contributed by atoms with Gasteiger partial charge < -0.3 is 5.32 Å². The highest BCUT2D eigenvalue weighted by molar-refractivity contribution is 6.29. The molecular formula is C13H10ClF2N3O. The molecule has 1 N–H and O–H groups in total. The minimum absolute atomic E-state index is 0.125. The summed E-state index contributed by atoms with van der Waals surface area (Å²) in [5.74, 6) is -1.71. The molecule has 2 aromatic rings. The monoisotopic (exact) mass is 297 g/mol. The van der Waals surface area contributed by atoms with Gasteiger partial charge >= 0.3 is 0 Å². The SMILES string of the molecule is O=C(NCCc1cc(F)cc(F)c1)c1cnc(Cl)cn1. The molecule has 4 nitrogen and oxygen atoms in total. The van der Waals surface area contributed by atoms with Crippen LogP contribution in [0.15, 0.2) is 30.6 Å². The number of benzene rings is 1. The van der Waals surface area contributed by atoms with Crippen molar-refractivity contribution in [1.82, 2.24) is 15.3 Å². The largest absolute Gasteiger partial charge is 0.350 e. The van der Waals surface area contributed by atoms with E-state index in [1.165, 1.54) is 24.5 Å². The molecule has 1 aromatic carbocycles. The lowest BCUT2D eigenvalue weighted by atomic mass is 10.1. The maximum atomic E-state index is 13.0. The molecule has 0 spiro atoms. The minimum atomic E-state index is -0.644. The van der Waals surface area contributed by atoms with Crippen molar-refractivity contribution in [2.45, 2.75) is 6.42 Å². The smallest absolute Gasteiger partial charge is 0.271 e. The van der Waals surface area contributed by atoms with Gasteiger partial charge in [0.25, 0.3) is 5.91 Å². The lowest BCUT2D eigenvalue weighted by Crippen LogP contribution is -2.26. The summed E-state index contributed by atoms with van der Waals surface area (Å²) in [6, 6.07) is 3.24.